The Kier molecular flexibility index (Phi) is 28.8. The highest BCUT2D eigenvalue weighted by atomic mass is 16.5. The van der Waals surface area contributed by atoms with Gasteiger partial charge in [-0.05, 0) is 83.6 Å². The molecule has 0 aromatic rings. The van der Waals surface area contributed by atoms with E-state index in [1.165, 1.54) is 51.4 Å². The Labute approximate surface area is 257 Å². The third-order valence-corrected chi connectivity index (χ3v) is 7.50. The Bertz CT molecular complexity index is 722. The van der Waals surface area contributed by atoms with Crippen LogP contribution in [0.25, 0.3) is 0 Å². The molecule has 2 unspecified atom stereocenters. The zero-order chi connectivity index (χ0) is 31.1. The lowest BCUT2D eigenvalue weighted by atomic mass is 10.0. The molecule has 0 fully saturated rings. The number of allylic oxidation sites excluding steroid dienone is 4. The number of carbonyl (C=O) groups excluding carboxylic acids is 2. The summed E-state index contributed by atoms with van der Waals surface area (Å²) in [5.74, 6) is -1.29. The number of aliphatic carboxylic acids is 1. The minimum Gasteiger partial charge on any atom is -0.480 e. The topological polar surface area (TPSA) is 119 Å². The van der Waals surface area contributed by atoms with Gasteiger partial charge < -0.3 is 20.9 Å². The molecular formula is C35H64N2O5. The molecule has 244 valence electrons. The van der Waals surface area contributed by atoms with Gasteiger partial charge in [-0.25, -0.2) is 4.79 Å². The Hall–Kier alpha value is -2.15. The van der Waals surface area contributed by atoms with Crippen molar-refractivity contribution in [1.82, 2.24) is 5.32 Å². The van der Waals surface area contributed by atoms with Crippen LogP contribution in [0.5, 0.6) is 0 Å². The average Bonchev–Trinajstić information content (AvgIpc) is 2.97. The van der Waals surface area contributed by atoms with E-state index in [-0.39, 0.29) is 18.0 Å². The number of nitrogens with two attached hydrogens (primary N) is 1. The monoisotopic (exact) mass is 592 g/mol. The Morgan fingerprint density at radius 2 is 1.29 bits per heavy atom. The van der Waals surface area contributed by atoms with Crippen molar-refractivity contribution in [2.24, 2.45) is 5.73 Å². The first-order valence-corrected chi connectivity index (χ1v) is 17.2. The number of carboxylic acid groups (broad SMARTS) is 1. The molecule has 0 saturated carbocycles. The van der Waals surface area contributed by atoms with Gasteiger partial charge in [0.1, 0.15) is 12.1 Å². The Balaban J connectivity index is 4.13. The molecule has 42 heavy (non-hydrogen) atoms. The van der Waals surface area contributed by atoms with Crippen molar-refractivity contribution in [2.75, 3.05) is 6.54 Å². The summed E-state index contributed by atoms with van der Waals surface area (Å²) in [6, 6.07) is -0.862. The molecule has 0 aliphatic heterocycles. The maximum absolute atomic E-state index is 12.5. The molecular weight excluding hydrogens is 528 g/mol. The number of carbonyl (C=O) groups is 3. The van der Waals surface area contributed by atoms with E-state index in [0.29, 0.717) is 32.2 Å². The lowest BCUT2D eigenvalue weighted by molar-refractivity contribution is -0.150. The molecule has 0 heterocycles. The van der Waals surface area contributed by atoms with Crippen molar-refractivity contribution in [1.29, 1.82) is 0 Å². The van der Waals surface area contributed by atoms with Crippen LogP contribution >= 0.6 is 0 Å². The van der Waals surface area contributed by atoms with Crippen molar-refractivity contribution in [3.05, 3.63) is 24.3 Å². The molecule has 1 amide bonds. The molecule has 0 bridgehead atoms. The summed E-state index contributed by atoms with van der Waals surface area (Å²) in [6.07, 6.45) is 30.9. The summed E-state index contributed by atoms with van der Waals surface area (Å²) in [5.41, 5.74) is 5.45. The lowest BCUT2D eigenvalue weighted by Crippen LogP contribution is -2.40. The normalized spacial score (nSPS) is 13.0. The van der Waals surface area contributed by atoms with Crippen LogP contribution in [0, 0.1) is 0 Å². The predicted molar refractivity (Wildman–Crippen MR) is 174 cm³/mol. The third kappa shape index (κ3) is 26.7. The summed E-state index contributed by atoms with van der Waals surface area (Å²) >= 11 is 0. The standard InChI is InChI=1S/C35H64N2O5/c1-3-5-7-9-10-11-12-13-14-15-16-17-23-29-34(39)42-31(25-20-8-6-4-2)26-21-18-19-22-28-33(38)37-32(35(40)41)27-24-30-36/h7,9,11-12,31-32H,3-6,8,10,13-30,36H2,1-2H3,(H,37,38)(H,40,41)/b9-7-,12-11-. The van der Waals surface area contributed by atoms with Crippen LogP contribution in [-0.2, 0) is 19.1 Å². The number of rotatable bonds is 30. The third-order valence-electron chi connectivity index (χ3n) is 7.50. The fourth-order valence-corrected chi connectivity index (χ4v) is 4.90. The molecule has 0 saturated heterocycles. The van der Waals surface area contributed by atoms with Crippen LogP contribution in [-0.4, -0.2) is 41.6 Å². The second kappa shape index (κ2) is 30.3. The second-order valence-corrected chi connectivity index (χ2v) is 11.6. The van der Waals surface area contributed by atoms with Gasteiger partial charge in [-0.15, -0.1) is 0 Å². The maximum atomic E-state index is 12.5. The van der Waals surface area contributed by atoms with E-state index in [2.05, 4.69) is 43.5 Å². The Morgan fingerprint density at radius 3 is 1.93 bits per heavy atom. The van der Waals surface area contributed by atoms with Crippen molar-refractivity contribution >= 4 is 17.8 Å². The van der Waals surface area contributed by atoms with Crippen LogP contribution in [0.15, 0.2) is 24.3 Å². The first kappa shape index (κ1) is 39.8. The van der Waals surface area contributed by atoms with E-state index in [9.17, 15) is 19.5 Å². The van der Waals surface area contributed by atoms with Crippen molar-refractivity contribution < 1.29 is 24.2 Å². The van der Waals surface area contributed by atoms with Crippen molar-refractivity contribution in [3.8, 4) is 0 Å². The fraction of sp³-hybridized carbons (Fsp3) is 0.800. The summed E-state index contributed by atoms with van der Waals surface area (Å²) in [5, 5.41) is 11.8. The number of unbranched alkanes of at least 4 members (excludes halogenated alkanes) is 12. The minimum absolute atomic E-state index is 0.0138. The van der Waals surface area contributed by atoms with Gasteiger partial charge in [0.2, 0.25) is 5.91 Å². The van der Waals surface area contributed by atoms with Gasteiger partial charge in [0.25, 0.3) is 0 Å². The van der Waals surface area contributed by atoms with E-state index < -0.39 is 12.0 Å². The second-order valence-electron chi connectivity index (χ2n) is 11.6. The van der Waals surface area contributed by atoms with E-state index in [1.54, 1.807) is 0 Å². The van der Waals surface area contributed by atoms with Crippen LogP contribution in [0.4, 0.5) is 0 Å². The van der Waals surface area contributed by atoms with Crippen LogP contribution < -0.4 is 11.1 Å². The molecule has 7 nitrogen and oxygen atoms in total. The van der Waals surface area contributed by atoms with Crippen molar-refractivity contribution in [2.45, 2.75) is 174 Å². The van der Waals surface area contributed by atoms with E-state index in [4.69, 9.17) is 10.5 Å². The van der Waals surface area contributed by atoms with Gasteiger partial charge in [0, 0.05) is 12.8 Å². The highest BCUT2D eigenvalue weighted by Gasteiger charge is 2.19. The largest absolute Gasteiger partial charge is 0.480 e. The number of nitrogens with one attached hydrogen (secondary N) is 1. The summed E-state index contributed by atoms with van der Waals surface area (Å²) < 4.78 is 5.90. The lowest BCUT2D eigenvalue weighted by Gasteiger charge is -2.18. The molecule has 7 heteroatoms. The van der Waals surface area contributed by atoms with Gasteiger partial charge in [-0.1, -0.05) is 95.9 Å². The van der Waals surface area contributed by atoms with Crippen LogP contribution in [0.3, 0.4) is 0 Å². The molecule has 0 radical (unpaired) electrons. The fourth-order valence-electron chi connectivity index (χ4n) is 4.90. The highest BCUT2D eigenvalue weighted by Crippen LogP contribution is 2.18. The molecule has 2 atom stereocenters. The van der Waals surface area contributed by atoms with E-state index in [0.717, 1.165) is 70.6 Å². The molecule has 0 aliphatic carbocycles. The SMILES string of the molecule is CCC/C=C\C/C=C\CCCCCCCC(=O)OC(CCCCCC)CCCCCCC(=O)NC(CCCN)C(=O)O. The van der Waals surface area contributed by atoms with Gasteiger partial charge in [-0.3, -0.25) is 9.59 Å². The number of carboxylic acids is 1. The van der Waals surface area contributed by atoms with E-state index >= 15 is 0 Å². The Morgan fingerprint density at radius 1 is 0.690 bits per heavy atom. The number of ether oxygens (including phenoxy) is 1. The number of amides is 1. The first-order chi connectivity index (χ1) is 20.4. The molecule has 0 aromatic heterocycles. The molecule has 0 aliphatic rings. The highest BCUT2D eigenvalue weighted by molar-refractivity contribution is 5.83. The minimum atomic E-state index is -1.01. The number of esters is 1. The quantitative estimate of drug-likeness (QED) is 0.0437. The zero-order valence-electron chi connectivity index (χ0n) is 27.1. The summed E-state index contributed by atoms with van der Waals surface area (Å²) in [4.78, 5) is 35.9. The smallest absolute Gasteiger partial charge is 0.326 e. The first-order valence-electron chi connectivity index (χ1n) is 17.2. The average molecular weight is 593 g/mol. The maximum Gasteiger partial charge on any atom is 0.326 e. The predicted octanol–water partition coefficient (Wildman–Crippen LogP) is 8.55. The van der Waals surface area contributed by atoms with Gasteiger partial charge in [0.05, 0.1) is 0 Å². The van der Waals surface area contributed by atoms with Gasteiger partial charge in [-0.2, -0.15) is 0 Å². The summed E-state index contributed by atoms with van der Waals surface area (Å²) in [7, 11) is 0. The molecule has 0 aromatic carbocycles. The summed E-state index contributed by atoms with van der Waals surface area (Å²) in [6.45, 7) is 4.80. The molecule has 0 spiro atoms. The van der Waals surface area contributed by atoms with E-state index in [1.807, 2.05) is 0 Å². The van der Waals surface area contributed by atoms with Crippen molar-refractivity contribution in [3.63, 3.8) is 0 Å². The zero-order valence-corrected chi connectivity index (χ0v) is 27.1. The van der Waals surface area contributed by atoms with Crippen LogP contribution in [0.2, 0.25) is 0 Å². The number of hydrogen-bond acceptors (Lipinski definition) is 5. The van der Waals surface area contributed by atoms with Gasteiger partial charge >= 0.3 is 11.9 Å². The number of hydrogen-bond donors (Lipinski definition) is 3. The van der Waals surface area contributed by atoms with Crippen LogP contribution in [0.1, 0.15) is 162 Å². The van der Waals surface area contributed by atoms with Gasteiger partial charge in [0.15, 0.2) is 0 Å². The molecule has 0 rings (SSSR count). The molecule has 4 N–H and O–H groups in total.